The molecule has 3 heteroatoms. The Morgan fingerprint density at radius 3 is 2.28 bits per heavy atom. The Hall–Kier alpha value is -2.29. The Morgan fingerprint density at radius 1 is 1.08 bits per heavy atom. The Morgan fingerprint density at radius 2 is 1.72 bits per heavy atom. The van der Waals surface area contributed by atoms with E-state index in [1.807, 2.05) is 31.2 Å². The van der Waals surface area contributed by atoms with Crippen LogP contribution in [0.15, 0.2) is 42.5 Å². The van der Waals surface area contributed by atoms with Crippen LogP contribution in [0.4, 0.5) is 0 Å². The Kier molecular flexibility index (Phi) is 5.89. The molecule has 0 aliphatic carbocycles. The molecule has 1 N–H and O–H groups in total. The van der Waals surface area contributed by atoms with Crippen LogP contribution in [0, 0.1) is 13.8 Å². The fourth-order valence-corrected chi connectivity index (χ4v) is 2.87. The maximum atomic E-state index is 12.2. The molecule has 3 nitrogen and oxygen atoms in total. The van der Waals surface area contributed by atoms with E-state index in [9.17, 15) is 4.79 Å². The van der Waals surface area contributed by atoms with E-state index in [0.717, 1.165) is 5.56 Å². The van der Waals surface area contributed by atoms with Gasteiger partial charge in [-0.25, -0.2) is 0 Å². The summed E-state index contributed by atoms with van der Waals surface area (Å²) < 4.78 is 5.61. The molecule has 0 fully saturated rings. The normalized spacial score (nSPS) is 12.6. The lowest BCUT2D eigenvalue weighted by Crippen LogP contribution is -2.31. The zero-order valence-electron chi connectivity index (χ0n) is 16.1. The predicted octanol–water partition coefficient (Wildman–Crippen LogP) is 4.86. The van der Waals surface area contributed by atoms with Crippen molar-refractivity contribution < 1.29 is 9.53 Å². The van der Waals surface area contributed by atoms with E-state index in [1.54, 1.807) is 0 Å². The summed E-state index contributed by atoms with van der Waals surface area (Å²) in [4.78, 5) is 12.2. The quantitative estimate of drug-likeness (QED) is 0.845. The number of carbonyl (C=O) groups is 1. The second-order valence-electron chi connectivity index (χ2n) is 7.71. The molecule has 0 bridgehead atoms. The van der Waals surface area contributed by atoms with Gasteiger partial charge >= 0.3 is 0 Å². The maximum Gasteiger partial charge on any atom is 0.258 e. The Bertz CT molecular complexity index is 727. The van der Waals surface area contributed by atoms with Crippen molar-refractivity contribution in [1.29, 1.82) is 0 Å². The summed E-state index contributed by atoms with van der Waals surface area (Å²) in [5.41, 5.74) is 4.89. The maximum absolute atomic E-state index is 12.2. The van der Waals surface area contributed by atoms with Gasteiger partial charge < -0.3 is 10.1 Å². The molecule has 25 heavy (non-hydrogen) atoms. The third kappa shape index (κ3) is 5.35. The van der Waals surface area contributed by atoms with Crippen molar-refractivity contribution in [2.24, 2.45) is 0 Å². The molecule has 0 aliphatic rings. The van der Waals surface area contributed by atoms with Crippen LogP contribution in [0.1, 0.15) is 56.0 Å². The molecular weight excluding hydrogens is 310 g/mol. The summed E-state index contributed by atoms with van der Waals surface area (Å²) in [7, 11) is 0. The summed E-state index contributed by atoms with van der Waals surface area (Å²) in [5, 5.41) is 3.00. The summed E-state index contributed by atoms with van der Waals surface area (Å²) >= 11 is 0. The number of ether oxygens (including phenoxy) is 1. The summed E-state index contributed by atoms with van der Waals surface area (Å²) in [6.07, 6.45) is 0. The molecule has 134 valence electrons. The van der Waals surface area contributed by atoms with Crippen LogP contribution in [-0.2, 0) is 10.2 Å². The molecule has 0 saturated carbocycles. The van der Waals surface area contributed by atoms with Gasteiger partial charge in [-0.15, -0.1) is 0 Å². The lowest BCUT2D eigenvalue weighted by atomic mass is 9.87. The average Bonchev–Trinajstić information content (AvgIpc) is 2.52. The van der Waals surface area contributed by atoms with Crippen molar-refractivity contribution >= 4 is 5.91 Å². The first-order valence-corrected chi connectivity index (χ1v) is 8.76. The first-order chi connectivity index (χ1) is 11.7. The highest BCUT2D eigenvalue weighted by molar-refractivity contribution is 5.78. The minimum absolute atomic E-state index is 0.0180. The van der Waals surface area contributed by atoms with Crippen LogP contribution in [0.25, 0.3) is 0 Å². The predicted molar refractivity (Wildman–Crippen MR) is 103 cm³/mol. The van der Waals surface area contributed by atoms with Crippen LogP contribution < -0.4 is 10.1 Å². The molecular formula is C22H29NO2. The number of benzene rings is 2. The molecule has 0 aromatic heterocycles. The molecule has 0 heterocycles. The first-order valence-electron chi connectivity index (χ1n) is 8.76. The number of aryl methyl sites for hydroxylation is 2. The van der Waals surface area contributed by atoms with Gasteiger partial charge in [0.2, 0.25) is 0 Å². The highest BCUT2D eigenvalue weighted by Crippen LogP contribution is 2.24. The van der Waals surface area contributed by atoms with E-state index >= 15 is 0 Å². The van der Waals surface area contributed by atoms with E-state index in [0.29, 0.717) is 5.75 Å². The smallest absolute Gasteiger partial charge is 0.258 e. The molecule has 2 aromatic rings. The minimum Gasteiger partial charge on any atom is -0.484 e. The van der Waals surface area contributed by atoms with Crippen LogP contribution in [0.5, 0.6) is 5.75 Å². The van der Waals surface area contributed by atoms with Crippen molar-refractivity contribution in [2.75, 3.05) is 6.61 Å². The number of hydrogen-bond acceptors (Lipinski definition) is 2. The Balaban J connectivity index is 1.90. The number of carbonyl (C=O) groups excluding carboxylic acids is 1. The molecule has 0 unspecified atom stereocenters. The van der Waals surface area contributed by atoms with Gasteiger partial charge in [0.25, 0.3) is 5.91 Å². The highest BCUT2D eigenvalue weighted by atomic mass is 16.5. The minimum atomic E-state index is -0.118. The molecule has 0 aliphatic heterocycles. The van der Waals surface area contributed by atoms with Crippen molar-refractivity contribution in [1.82, 2.24) is 5.32 Å². The topological polar surface area (TPSA) is 38.3 Å². The zero-order chi connectivity index (χ0) is 18.6. The first kappa shape index (κ1) is 19.0. The number of nitrogens with one attached hydrogen (secondary N) is 1. The van der Waals surface area contributed by atoms with Crippen molar-refractivity contribution in [3.8, 4) is 5.75 Å². The Labute approximate surface area is 151 Å². The molecule has 0 radical (unpaired) electrons. The van der Waals surface area contributed by atoms with Gasteiger partial charge in [-0.3, -0.25) is 4.79 Å². The summed E-state index contributed by atoms with van der Waals surface area (Å²) in [6.45, 7) is 12.7. The molecule has 2 aromatic carbocycles. The zero-order valence-corrected chi connectivity index (χ0v) is 16.1. The molecule has 1 amide bonds. The molecule has 1 atom stereocenters. The van der Waals surface area contributed by atoms with Gasteiger partial charge in [-0.2, -0.15) is 0 Å². The molecule has 0 spiro atoms. The summed E-state index contributed by atoms with van der Waals surface area (Å²) in [6, 6.07) is 14.2. The van der Waals surface area contributed by atoms with E-state index < -0.39 is 0 Å². The highest BCUT2D eigenvalue weighted by Gasteiger charge is 2.14. The largest absolute Gasteiger partial charge is 0.484 e. The van der Waals surface area contributed by atoms with Gasteiger partial charge in [0.05, 0.1) is 6.04 Å². The SMILES string of the molecule is Cc1ccc([C@@H](C)NC(=O)COc2ccc(C(C)(C)C)cc2)c(C)c1. The van der Waals surface area contributed by atoms with E-state index in [1.165, 1.54) is 16.7 Å². The van der Waals surface area contributed by atoms with Crippen molar-refractivity contribution in [3.05, 3.63) is 64.7 Å². The van der Waals surface area contributed by atoms with E-state index in [-0.39, 0.29) is 24.0 Å². The third-order valence-electron chi connectivity index (χ3n) is 4.36. The number of amides is 1. The third-order valence-corrected chi connectivity index (χ3v) is 4.36. The van der Waals surface area contributed by atoms with Crippen LogP contribution in [0.3, 0.4) is 0 Å². The molecule has 0 saturated heterocycles. The average molecular weight is 339 g/mol. The standard InChI is InChI=1S/C22H29NO2/c1-15-7-12-20(16(2)13-15)17(3)23-21(24)14-25-19-10-8-18(9-11-19)22(4,5)6/h7-13,17H,14H2,1-6H3,(H,23,24)/t17-/m1/s1. The van der Waals surface area contributed by atoms with Gasteiger partial charge in [0.15, 0.2) is 6.61 Å². The second kappa shape index (κ2) is 7.73. The van der Waals surface area contributed by atoms with Crippen LogP contribution >= 0.6 is 0 Å². The van der Waals surface area contributed by atoms with Crippen molar-refractivity contribution in [2.45, 2.75) is 53.0 Å². The lowest BCUT2D eigenvalue weighted by Gasteiger charge is -2.19. The second-order valence-corrected chi connectivity index (χ2v) is 7.71. The fourth-order valence-electron chi connectivity index (χ4n) is 2.87. The number of hydrogen-bond donors (Lipinski definition) is 1. The number of rotatable bonds is 5. The van der Waals surface area contributed by atoms with Crippen molar-refractivity contribution in [3.63, 3.8) is 0 Å². The van der Waals surface area contributed by atoms with Gasteiger partial charge in [0, 0.05) is 0 Å². The monoisotopic (exact) mass is 339 g/mol. The van der Waals surface area contributed by atoms with Gasteiger partial charge in [0.1, 0.15) is 5.75 Å². The summed E-state index contributed by atoms with van der Waals surface area (Å²) in [5.74, 6) is 0.592. The van der Waals surface area contributed by atoms with E-state index in [2.05, 4.69) is 58.1 Å². The van der Waals surface area contributed by atoms with Gasteiger partial charge in [-0.1, -0.05) is 56.7 Å². The van der Waals surface area contributed by atoms with E-state index in [4.69, 9.17) is 4.74 Å². The molecule has 2 rings (SSSR count). The van der Waals surface area contributed by atoms with Crippen LogP contribution in [0.2, 0.25) is 0 Å². The fraction of sp³-hybridized carbons (Fsp3) is 0.409. The van der Waals surface area contributed by atoms with Gasteiger partial charge in [-0.05, 0) is 55.0 Å². The van der Waals surface area contributed by atoms with Crippen LogP contribution in [-0.4, -0.2) is 12.5 Å². The lowest BCUT2D eigenvalue weighted by molar-refractivity contribution is -0.123.